The first-order chi connectivity index (χ1) is 11.1. The summed E-state index contributed by atoms with van der Waals surface area (Å²) in [7, 11) is 0. The molecule has 1 aliphatic heterocycles. The van der Waals surface area contributed by atoms with Crippen molar-refractivity contribution in [2.75, 3.05) is 0 Å². The number of nitrogens with two attached hydrogens (primary N) is 1. The maximum Gasteiger partial charge on any atom is 0.223 e. The van der Waals surface area contributed by atoms with Crippen molar-refractivity contribution >= 4 is 18.3 Å². The van der Waals surface area contributed by atoms with Crippen molar-refractivity contribution < 1.29 is 4.79 Å². The average Bonchev–Trinajstić information content (AvgIpc) is 2.86. The SMILES string of the molecule is Cc1nc2n(n1)CC(NC(=O)C1CC3CCCC(C1)C3N)CC2.Cl. The molecule has 2 saturated carbocycles. The van der Waals surface area contributed by atoms with Crippen LogP contribution >= 0.6 is 12.4 Å². The van der Waals surface area contributed by atoms with Gasteiger partial charge in [-0.1, -0.05) is 6.42 Å². The third kappa shape index (κ3) is 3.31. The highest BCUT2D eigenvalue weighted by molar-refractivity contribution is 5.85. The second kappa shape index (κ2) is 7.00. The summed E-state index contributed by atoms with van der Waals surface area (Å²) in [5.41, 5.74) is 6.34. The van der Waals surface area contributed by atoms with Crippen molar-refractivity contribution in [3.8, 4) is 0 Å². The Morgan fingerprint density at radius 3 is 2.67 bits per heavy atom. The molecule has 0 saturated heterocycles. The summed E-state index contributed by atoms with van der Waals surface area (Å²) in [5.74, 6) is 3.36. The Balaban J connectivity index is 0.00000169. The lowest BCUT2D eigenvalue weighted by Crippen LogP contribution is -2.51. The van der Waals surface area contributed by atoms with E-state index in [1.165, 1.54) is 19.3 Å². The van der Waals surface area contributed by atoms with E-state index >= 15 is 0 Å². The van der Waals surface area contributed by atoms with Gasteiger partial charge in [-0.2, -0.15) is 5.10 Å². The molecule has 0 spiro atoms. The molecule has 1 amide bonds. The van der Waals surface area contributed by atoms with Gasteiger partial charge in [0.15, 0.2) is 0 Å². The molecule has 2 heterocycles. The molecule has 2 fully saturated rings. The lowest BCUT2D eigenvalue weighted by Gasteiger charge is -2.43. The zero-order valence-corrected chi connectivity index (χ0v) is 15.1. The highest BCUT2D eigenvalue weighted by Gasteiger charge is 2.40. The Hall–Kier alpha value is -1.14. The molecule has 7 heteroatoms. The molecule has 3 aliphatic rings. The molecular formula is C17H28ClN5O. The predicted molar refractivity (Wildman–Crippen MR) is 93.8 cm³/mol. The number of amides is 1. The molecule has 6 nitrogen and oxygen atoms in total. The van der Waals surface area contributed by atoms with Gasteiger partial charge in [0.2, 0.25) is 5.91 Å². The Morgan fingerprint density at radius 2 is 1.96 bits per heavy atom. The third-order valence-corrected chi connectivity index (χ3v) is 6.09. The molecule has 0 aromatic carbocycles. The molecule has 2 aliphatic carbocycles. The van der Waals surface area contributed by atoms with E-state index in [-0.39, 0.29) is 30.3 Å². The van der Waals surface area contributed by atoms with E-state index in [0.717, 1.165) is 43.9 Å². The maximum atomic E-state index is 12.7. The fourth-order valence-electron chi connectivity index (χ4n) is 4.87. The van der Waals surface area contributed by atoms with Crippen LogP contribution in [0.2, 0.25) is 0 Å². The highest BCUT2D eigenvalue weighted by atomic mass is 35.5. The van der Waals surface area contributed by atoms with Gasteiger partial charge in [0.05, 0.1) is 6.54 Å². The van der Waals surface area contributed by atoms with Gasteiger partial charge in [0, 0.05) is 24.4 Å². The predicted octanol–water partition coefficient (Wildman–Crippen LogP) is 1.59. The molecule has 4 rings (SSSR count). The maximum absolute atomic E-state index is 12.7. The summed E-state index contributed by atoms with van der Waals surface area (Å²) >= 11 is 0. The molecule has 0 radical (unpaired) electrons. The lowest BCUT2D eigenvalue weighted by molar-refractivity contribution is -0.128. The number of nitrogens with zero attached hydrogens (tertiary/aromatic N) is 3. The molecule has 2 bridgehead atoms. The Labute approximate surface area is 149 Å². The number of carbonyl (C=O) groups excluding carboxylic acids is 1. The van der Waals surface area contributed by atoms with Gasteiger partial charge in [0.1, 0.15) is 11.6 Å². The Morgan fingerprint density at radius 1 is 1.25 bits per heavy atom. The minimum Gasteiger partial charge on any atom is -0.351 e. The minimum absolute atomic E-state index is 0. The molecule has 3 unspecified atom stereocenters. The van der Waals surface area contributed by atoms with E-state index in [4.69, 9.17) is 5.73 Å². The average molecular weight is 354 g/mol. The summed E-state index contributed by atoms with van der Waals surface area (Å²) < 4.78 is 1.95. The number of carbonyl (C=O) groups is 1. The molecule has 1 aromatic rings. The van der Waals surface area contributed by atoms with Crippen LogP contribution in [0.25, 0.3) is 0 Å². The van der Waals surface area contributed by atoms with Gasteiger partial charge >= 0.3 is 0 Å². The summed E-state index contributed by atoms with van der Waals surface area (Å²) in [4.78, 5) is 17.2. The molecule has 24 heavy (non-hydrogen) atoms. The summed E-state index contributed by atoms with van der Waals surface area (Å²) in [6.07, 6.45) is 7.50. The fourth-order valence-corrected chi connectivity index (χ4v) is 4.87. The quantitative estimate of drug-likeness (QED) is 0.845. The Kier molecular flexibility index (Phi) is 5.16. The van der Waals surface area contributed by atoms with Gasteiger partial charge in [-0.3, -0.25) is 4.79 Å². The van der Waals surface area contributed by atoms with Crippen molar-refractivity contribution in [2.24, 2.45) is 23.5 Å². The van der Waals surface area contributed by atoms with Crippen molar-refractivity contribution in [3.05, 3.63) is 11.6 Å². The van der Waals surface area contributed by atoms with Crippen molar-refractivity contribution in [3.63, 3.8) is 0 Å². The van der Waals surface area contributed by atoms with Crippen LogP contribution in [-0.4, -0.2) is 32.8 Å². The molecule has 134 valence electrons. The molecular weight excluding hydrogens is 326 g/mol. The van der Waals surface area contributed by atoms with Gasteiger partial charge in [-0.15, -0.1) is 12.4 Å². The monoisotopic (exact) mass is 353 g/mol. The highest BCUT2D eigenvalue weighted by Crippen LogP contribution is 2.41. The second-order valence-corrected chi connectivity index (χ2v) is 7.70. The molecule has 1 aromatic heterocycles. The topological polar surface area (TPSA) is 85.8 Å². The van der Waals surface area contributed by atoms with Crippen molar-refractivity contribution in [1.82, 2.24) is 20.1 Å². The van der Waals surface area contributed by atoms with Crippen LogP contribution in [0.5, 0.6) is 0 Å². The zero-order valence-electron chi connectivity index (χ0n) is 14.3. The van der Waals surface area contributed by atoms with Crippen LogP contribution in [0.1, 0.15) is 50.2 Å². The van der Waals surface area contributed by atoms with Gasteiger partial charge < -0.3 is 11.1 Å². The van der Waals surface area contributed by atoms with E-state index in [2.05, 4.69) is 15.4 Å². The number of hydrogen-bond donors (Lipinski definition) is 2. The van der Waals surface area contributed by atoms with E-state index in [1.54, 1.807) is 0 Å². The van der Waals surface area contributed by atoms with Crippen LogP contribution in [0.15, 0.2) is 0 Å². The minimum atomic E-state index is 0. The van der Waals surface area contributed by atoms with Crippen molar-refractivity contribution in [1.29, 1.82) is 0 Å². The number of fused-ring (bicyclic) bond motifs is 3. The van der Waals surface area contributed by atoms with Crippen LogP contribution in [0.4, 0.5) is 0 Å². The van der Waals surface area contributed by atoms with Gasteiger partial charge in [-0.25, -0.2) is 9.67 Å². The Bertz CT molecular complexity index is 590. The number of halogens is 1. The van der Waals surface area contributed by atoms with Crippen LogP contribution in [0, 0.1) is 24.7 Å². The summed E-state index contributed by atoms with van der Waals surface area (Å²) in [6, 6.07) is 0.509. The van der Waals surface area contributed by atoms with Gasteiger partial charge in [-0.05, 0) is 50.9 Å². The normalized spacial score (nSPS) is 34.8. The third-order valence-electron chi connectivity index (χ3n) is 6.09. The molecule has 3 atom stereocenters. The first-order valence-electron chi connectivity index (χ1n) is 9.06. The second-order valence-electron chi connectivity index (χ2n) is 7.70. The van der Waals surface area contributed by atoms with Crippen LogP contribution in [-0.2, 0) is 17.8 Å². The lowest BCUT2D eigenvalue weighted by atomic mass is 9.65. The van der Waals surface area contributed by atoms with E-state index in [9.17, 15) is 4.79 Å². The number of nitrogens with one attached hydrogen (secondary N) is 1. The van der Waals surface area contributed by atoms with E-state index < -0.39 is 0 Å². The van der Waals surface area contributed by atoms with Crippen LogP contribution in [0.3, 0.4) is 0 Å². The summed E-state index contributed by atoms with van der Waals surface area (Å²) in [6.45, 7) is 2.67. The standard InChI is InChI=1S/C17H27N5O.ClH/c1-10-19-15-6-5-14(9-22(15)21-10)20-17(23)13-7-11-3-2-4-12(8-13)16(11)18;/h11-14,16H,2-9,18H2,1H3,(H,20,23);1H. The fraction of sp³-hybridized carbons (Fsp3) is 0.824. The zero-order chi connectivity index (χ0) is 16.0. The first kappa shape index (κ1) is 17.7. The largest absolute Gasteiger partial charge is 0.351 e. The first-order valence-corrected chi connectivity index (χ1v) is 9.06. The van der Waals surface area contributed by atoms with E-state index in [0.29, 0.717) is 17.9 Å². The smallest absolute Gasteiger partial charge is 0.223 e. The molecule has 3 N–H and O–H groups in total. The van der Waals surface area contributed by atoms with Crippen LogP contribution < -0.4 is 11.1 Å². The summed E-state index contributed by atoms with van der Waals surface area (Å²) in [5, 5.41) is 7.69. The van der Waals surface area contributed by atoms with E-state index in [1.807, 2.05) is 11.6 Å². The number of hydrogen-bond acceptors (Lipinski definition) is 4. The number of aryl methyl sites for hydroxylation is 2. The van der Waals surface area contributed by atoms with Crippen molar-refractivity contribution in [2.45, 2.75) is 70.5 Å². The number of rotatable bonds is 2. The van der Waals surface area contributed by atoms with Gasteiger partial charge in [0.25, 0.3) is 0 Å². The number of aromatic nitrogens is 3.